The van der Waals surface area contributed by atoms with Crippen molar-refractivity contribution in [1.29, 1.82) is 0 Å². The minimum Gasteiger partial charge on any atom is -0.481 e. The molecule has 7 heteroatoms. The van der Waals surface area contributed by atoms with Crippen molar-refractivity contribution in [1.82, 2.24) is 9.97 Å². The van der Waals surface area contributed by atoms with Crippen LogP contribution in [0.1, 0.15) is 12.8 Å². The Morgan fingerprint density at radius 3 is 2.59 bits per heavy atom. The minimum absolute atomic E-state index is 0.260. The quantitative estimate of drug-likeness (QED) is 0.659. The van der Waals surface area contributed by atoms with Crippen LogP contribution in [0.2, 0.25) is 0 Å². The van der Waals surface area contributed by atoms with E-state index in [0.29, 0.717) is 37.4 Å². The Morgan fingerprint density at radius 1 is 1.35 bits per heavy atom. The SMILES string of the molecule is Nc1ncnc(N2CCC(C(=O)O)CC2)c1N. The number of aliphatic carboxylic acids is 1. The molecule has 17 heavy (non-hydrogen) atoms. The van der Waals surface area contributed by atoms with Crippen molar-refractivity contribution in [3.63, 3.8) is 0 Å². The number of aromatic nitrogens is 2. The highest BCUT2D eigenvalue weighted by atomic mass is 16.4. The van der Waals surface area contributed by atoms with E-state index >= 15 is 0 Å². The summed E-state index contributed by atoms with van der Waals surface area (Å²) in [5, 5.41) is 8.90. The number of hydrogen-bond acceptors (Lipinski definition) is 6. The monoisotopic (exact) mass is 237 g/mol. The molecule has 1 aromatic heterocycles. The first-order valence-corrected chi connectivity index (χ1v) is 5.43. The minimum atomic E-state index is -0.736. The highest BCUT2D eigenvalue weighted by molar-refractivity contribution is 5.74. The number of carbonyl (C=O) groups is 1. The lowest BCUT2D eigenvalue weighted by Crippen LogP contribution is -2.37. The lowest BCUT2D eigenvalue weighted by molar-refractivity contribution is -0.142. The third kappa shape index (κ3) is 2.22. The number of carboxylic acids is 1. The summed E-state index contributed by atoms with van der Waals surface area (Å²) < 4.78 is 0. The van der Waals surface area contributed by atoms with E-state index in [1.807, 2.05) is 4.90 Å². The number of carboxylic acid groups (broad SMARTS) is 1. The highest BCUT2D eigenvalue weighted by Crippen LogP contribution is 2.28. The van der Waals surface area contributed by atoms with E-state index in [1.54, 1.807) is 0 Å². The molecule has 1 aromatic rings. The summed E-state index contributed by atoms with van der Waals surface area (Å²) in [6.45, 7) is 1.25. The average Bonchev–Trinajstić information content (AvgIpc) is 2.33. The smallest absolute Gasteiger partial charge is 0.306 e. The molecule has 2 rings (SSSR count). The molecule has 1 aliphatic rings. The number of piperidine rings is 1. The third-order valence-electron chi connectivity index (χ3n) is 3.04. The Labute approximate surface area is 98.4 Å². The van der Waals surface area contributed by atoms with Crippen LogP contribution in [0, 0.1) is 5.92 Å². The van der Waals surface area contributed by atoms with Crippen LogP contribution in [0.4, 0.5) is 17.3 Å². The Bertz CT molecular complexity index is 429. The summed E-state index contributed by atoms with van der Waals surface area (Å²) in [6.07, 6.45) is 2.56. The van der Waals surface area contributed by atoms with Gasteiger partial charge in [0.2, 0.25) is 0 Å². The normalized spacial score (nSPS) is 17.1. The molecule has 0 unspecified atom stereocenters. The van der Waals surface area contributed by atoms with Crippen molar-refractivity contribution in [2.24, 2.45) is 5.92 Å². The van der Waals surface area contributed by atoms with E-state index in [2.05, 4.69) is 9.97 Å². The van der Waals surface area contributed by atoms with Crippen LogP contribution in [0.25, 0.3) is 0 Å². The fraction of sp³-hybridized carbons (Fsp3) is 0.500. The number of nitrogens with zero attached hydrogens (tertiary/aromatic N) is 3. The summed E-state index contributed by atoms with van der Waals surface area (Å²) in [7, 11) is 0. The molecular formula is C10H15N5O2. The Morgan fingerprint density at radius 2 is 2.00 bits per heavy atom. The molecule has 0 radical (unpaired) electrons. The van der Waals surface area contributed by atoms with Crippen molar-refractivity contribution in [3.05, 3.63) is 6.33 Å². The van der Waals surface area contributed by atoms with E-state index in [9.17, 15) is 4.79 Å². The number of anilines is 3. The summed E-state index contributed by atoms with van der Waals surface area (Å²) in [6, 6.07) is 0. The van der Waals surface area contributed by atoms with Crippen molar-refractivity contribution < 1.29 is 9.90 Å². The first kappa shape index (κ1) is 11.4. The standard InChI is InChI=1S/C10H15N5O2/c11-7-8(12)13-5-14-9(7)15-3-1-6(2-4-15)10(16)17/h5-6H,1-4,11H2,(H,16,17)(H2,12,13,14). The van der Waals surface area contributed by atoms with Gasteiger partial charge in [-0.3, -0.25) is 4.79 Å². The zero-order valence-corrected chi connectivity index (χ0v) is 9.33. The Hall–Kier alpha value is -2.05. The van der Waals surface area contributed by atoms with Crippen molar-refractivity contribution in [3.8, 4) is 0 Å². The molecule has 1 fully saturated rings. The summed E-state index contributed by atoms with van der Waals surface area (Å²) in [5.74, 6) is -0.150. The van der Waals surface area contributed by atoms with Gasteiger partial charge in [-0.05, 0) is 12.8 Å². The van der Waals surface area contributed by atoms with Crippen LogP contribution in [-0.4, -0.2) is 34.1 Å². The van der Waals surface area contributed by atoms with Crippen LogP contribution in [0.3, 0.4) is 0 Å². The molecule has 5 N–H and O–H groups in total. The molecule has 0 aromatic carbocycles. The number of nitrogen functional groups attached to an aromatic ring is 2. The second-order valence-corrected chi connectivity index (χ2v) is 4.10. The predicted octanol–water partition coefficient (Wildman–Crippen LogP) is -0.0580. The van der Waals surface area contributed by atoms with Gasteiger partial charge in [-0.15, -0.1) is 0 Å². The zero-order valence-electron chi connectivity index (χ0n) is 9.33. The van der Waals surface area contributed by atoms with Gasteiger partial charge in [-0.2, -0.15) is 0 Å². The largest absolute Gasteiger partial charge is 0.481 e. The lowest BCUT2D eigenvalue weighted by Gasteiger charge is -2.31. The summed E-state index contributed by atoms with van der Waals surface area (Å²) in [5.41, 5.74) is 11.8. The van der Waals surface area contributed by atoms with Gasteiger partial charge in [0, 0.05) is 13.1 Å². The van der Waals surface area contributed by atoms with Gasteiger partial charge >= 0.3 is 5.97 Å². The lowest BCUT2D eigenvalue weighted by atomic mass is 9.97. The maximum Gasteiger partial charge on any atom is 0.306 e. The van der Waals surface area contributed by atoms with Gasteiger partial charge in [-0.25, -0.2) is 9.97 Å². The molecule has 2 heterocycles. The molecule has 92 valence electrons. The molecule has 0 aliphatic carbocycles. The number of hydrogen-bond donors (Lipinski definition) is 3. The summed E-state index contributed by atoms with van der Waals surface area (Å²) in [4.78, 5) is 20.7. The van der Waals surface area contributed by atoms with Gasteiger partial charge in [-0.1, -0.05) is 0 Å². The third-order valence-corrected chi connectivity index (χ3v) is 3.04. The van der Waals surface area contributed by atoms with E-state index < -0.39 is 5.97 Å². The Balaban J connectivity index is 2.10. The molecule has 7 nitrogen and oxygen atoms in total. The van der Waals surface area contributed by atoms with Crippen molar-refractivity contribution in [2.75, 3.05) is 29.5 Å². The molecule has 1 aliphatic heterocycles. The topological polar surface area (TPSA) is 118 Å². The molecule has 0 saturated carbocycles. The van der Waals surface area contributed by atoms with Gasteiger partial charge in [0.1, 0.15) is 12.0 Å². The first-order valence-electron chi connectivity index (χ1n) is 5.43. The van der Waals surface area contributed by atoms with E-state index in [0.717, 1.165) is 0 Å². The number of nitrogens with two attached hydrogens (primary N) is 2. The second kappa shape index (κ2) is 4.44. The van der Waals surface area contributed by atoms with Gasteiger partial charge in [0.25, 0.3) is 0 Å². The second-order valence-electron chi connectivity index (χ2n) is 4.10. The highest BCUT2D eigenvalue weighted by Gasteiger charge is 2.26. The maximum absolute atomic E-state index is 10.8. The van der Waals surface area contributed by atoms with Crippen LogP contribution < -0.4 is 16.4 Å². The van der Waals surface area contributed by atoms with Crippen LogP contribution in [-0.2, 0) is 4.79 Å². The zero-order chi connectivity index (χ0) is 12.4. The van der Waals surface area contributed by atoms with E-state index in [-0.39, 0.29) is 11.7 Å². The van der Waals surface area contributed by atoms with E-state index in [4.69, 9.17) is 16.6 Å². The summed E-state index contributed by atoms with van der Waals surface area (Å²) >= 11 is 0. The fourth-order valence-corrected chi connectivity index (χ4v) is 1.99. The average molecular weight is 237 g/mol. The molecular weight excluding hydrogens is 222 g/mol. The van der Waals surface area contributed by atoms with Gasteiger partial charge < -0.3 is 21.5 Å². The predicted molar refractivity (Wildman–Crippen MR) is 63.4 cm³/mol. The fourth-order valence-electron chi connectivity index (χ4n) is 1.99. The molecule has 0 spiro atoms. The Kier molecular flexibility index (Phi) is 2.99. The van der Waals surface area contributed by atoms with Crippen LogP contribution in [0.5, 0.6) is 0 Å². The van der Waals surface area contributed by atoms with Crippen molar-refractivity contribution >= 4 is 23.3 Å². The van der Waals surface area contributed by atoms with Gasteiger partial charge in [0.15, 0.2) is 11.6 Å². The molecule has 0 amide bonds. The molecule has 0 bridgehead atoms. The first-order chi connectivity index (χ1) is 8.09. The van der Waals surface area contributed by atoms with E-state index in [1.165, 1.54) is 6.33 Å². The van der Waals surface area contributed by atoms with Crippen molar-refractivity contribution in [2.45, 2.75) is 12.8 Å². The number of rotatable bonds is 2. The molecule has 1 saturated heterocycles. The van der Waals surface area contributed by atoms with Crippen LogP contribution in [0.15, 0.2) is 6.33 Å². The van der Waals surface area contributed by atoms with Crippen LogP contribution >= 0.6 is 0 Å². The van der Waals surface area contributed by atoms with Gasteiger partial charge in [0.05, 0.1) is 5.92 Å². The maximum atomic E-state index is 10.8. The molecule has 0 atom stereocenters.